The maximum Gasteiger partial charge on any atom is 0.230 e. The molecular weight excluding hydrogens is 412 g/mol. The molecule has 0 bridgehead atoms. The second-order valence-corrected chi connectivity index (χ2v) is 8.13. The number of carbonyl (C=O) groups is 2. The van der Waals surface area contributed by atoms with Crippen LogP contribution in [0.4, 0.5) is 10.8 Å². The van der Waals surface area contributed by atoms with Crippen molar-refractivity contribution in [1.82, 2.24) is 9.88 Å². The van der Waals surface area contributed by atoms with E-state index in [4.69, 9.17) is 5.73 Å². The molecule has 31 heavy (non-hydrogen) atoms. The lowest BCUT2D eigenvalue weighted by molar-refractivity contribution is -0.130. The number of nitrogens with zero attached hydrogens (tertiary/aromatic N) is 2. The summed E-state index contributed by atoms with van der Waals surface area (Å²) < 4.78 is 0. The van der Waals surface area contributed by atoms with Crippen LogP contribution in [0, 0.1) is 0 Å². The number of rotatable bonds is 9. The molecule has 3 rings (SSSR count). The largest absolute Gasteiger partial charge is 0.387 e. The first-order valence-electron chi connectivity index (χ1n) is 9.98. The third-order valence-electron chi connectivity index (χ3n) is 4.84. The number of anilines is 2. The Morgan fingerprint density at radius 2 is 1.87 bits per heavy atom. The molecule has 0 spiro atoms. The van der Waals surface area contributed by atoms with E-state index >= 15 is 0 Å². The number of carbonyl (C=O) groups excluding carboxylic acids is 2. The highest BCUT2D eigenvalue weighted by molar-refractivity contribution is 7.13. The number of thiazole rings is 1. The van der Waals surface area contributed by atoms with Gasteiger partial charge in [-0.1, -0.05) is 42.5 Å². The van der Waals surface area contributed by atoms with Crippen LogP contribution in [0.3, 0.4) is 0 Å². The first-order valence-corrected chi connectivity index (χ1v) is 10.9. The average Bonchev–Trinajstić information content (AvgIpc) is 3.16. The van der Waals surface area contributed by atoms with E-state index in [1.165, 1.54) is 18.3 Å². The molecule has 0 saturated heterocycles. The van der Waals surface area contributed by atoms with Crippen LogP contribution >= 0.6 is 11.3 Å². The van der Waals surface area contributed by atoms with Crippen LogP contribution in [0.25, 0.3) is 0 Å². The summed E-state index contributed by atoms with van der Waals surface area (Å²) in [4.78, 5) is 29.9. The summed E-state index contributed by atoms with van der Waals surface area (Å²) in [5.74, 6) is -0.239. The van der Waals surface area contributed by atoms with Crippen molar-refractivity contribution in [3.8, 4) is 0 Å². The van der Waals surface area contributed by atoms with E-state index in [1.54, 1.807) is 10.3 Å². The van der Waals surface area contributed by atoms with E-state index < -0.39 is 6.10 Å². The van der Waals surface area contributed by atoms with E-state index in [2.05, 4.69) is 10.3 Å². The van der Waals surface area contributed by atoms with Crippen LogP contribution in [0.1, 0.15) is 29.8 Å². The maximum absolute atomic E-state index is 12.1. The number of hydrogen-bond donors (Lipinski definition) is 3. The van der Waals surface area contributed by atoms with Gasteiger partial charge in [-0.2, -0.15) is 0 Å². The summed E-state index contributed by atoms with van der Waals surface area (Å²) >= 11 is 1.31. The number of nitrogen functional groups attached to an aromatic ring is 1. The average molecular weight is 439 g/mol. The van der Waals surface area contributed by atoms with E-state index in [-0.39, 0.29) is 24.8 Å². The number of nitrogens with two attached hydrogens (primary N) is 1. The third-order valence-corrected chi connectivity index (χ3v) is 5.56. The molecule has 162 valence electrons. The quantitative estimate of drug-likeness (QED) is 0.476. The fraction of sp³-hybridized carbons (Fsp3) is 0.261. The Bertz CT molecular complexity index is 1010. The molecule has 0 unspecified atom stereocenters. The lowest BCUT2D eigenvalue weighted by Gasteiger charge is -2.24. The summed E-state index contributed by atoms with van der Waals surface area (Å²) in [6, 6.07) is 16.8. The van der Waals surface area contributed by atoms with Crippen LogP contribution in [-0.4, -0.2) is 39.9 Å². The van der Waals surface area contributed by atoms with E-state index in [1.807, 2.05) is 54.6 Å². The number of nitrogens with one attached hydrogen (secondary N) is 1. The second kappa shape index (κ2) is 10.7. The summed E-state index contributed by atoms with van der Waals surface area (Å²) in [5.41, 5.74) is 8.75. The van der Waals surface area contributed by atoms with Crippen molar-refractivity contribution in [1.29, 1.82) is 0 Å². The third kappa shape index (κ3) is 6.91. The van der Waals surface area contributed by atoms with Crippen LogP contribution < -0.4 is 11.1 Å². The first kappa shape index (κ1) is 22.5. The zero-order valence-electron chi connectivity index (χ0n) is 17.3. The lowest BCUT2D eigenvalue weighted by Crippen LogP contribution is -2.34. The Morgan fingerprint density at radius 3 is 2.48 bits per heavy atom. The summed E-state index contributed by atoms with van der Waals surface area (Å²) in [7, 11) is 0. The SMILES string of the molecule is CC(=O)N(CCc1ccc(NC(=O)Cc2csc(N)n2)cc1)C[C@H](O)c1ccccc1. The Labute approximate surface area is 185 Å². The van der Waals surface area contributed by atoms with E-state index in [0.29, 0.717) is 29.5 Å². The number of hydrogen-bond acceptors (Lipinski definition) is 6. The molecule has 2 aromatic carbocycles. The molecule has 4 N–H and O–H groups in total. The Hall–Kier alpha value is -3.23. The zero-order chi connectivity index (χ0) is 22.2. The fourth-order valence-electron chi connectivity index (χ4n) is 3.16. The van der Waals surface area contributed by atoms with E-state index in [9.17, 15) is 14.7 Å². The van der Waals surface area contributed by atoms with Gasteiger partial charge in [-0.25, -0.2) is 4.98 Å². The molecule has 1 aromatic heterocycles. The predicted octanol–water partition coefficient (Wildman–Crippen LogP) is 3.03. The first-order chi connectivity index (χ1) is 14.9. The van der Waals surface area contributed by atoms with Crippen molar-refractivity contribution in [2.24, 2.45) is 0 Å². The maximum atomic E-state index is 12.1. The summed E-state index contributed by atoms with van der Waals surface area (Å²) in [5, 5.41) is 15.5. The Morgan fingerprint density at radius 1 is 1.16 bits per heavy atom. The number of aliphatic hydroxyl groups excluding tert-OH is 1. The Balaban J connectivity index is 1.50. The van der Waals surface area contributed by atoms with Gasteiger partial charge < -0.3 is 21.1 Å². The predicted molar refractivity (Wildman–Crippen MR) is 123 cm³/mol. The molecule has 0 radical (unpaired) electrons. The highest BCUT2D eigenvalue weighted by atomic mass is 32.1. The van der Waals surface area contributed by atoms with Gasteiger partial charge in [0.1, 0.15) is 0 Å². The van der Waals surface area contributed by atoms with Gasteiger partial charge in [-0.3, -0.25) is 9.59 Å². The molecule has 0 saturated carbocycles. The second-order valence-electron chi connectivity index (χ2n) is 7.24. The minimum atomic E-state index is -0.726. The van der Waals surface area contributed by atoms with E-state index in [0.717, 1.165) is 11.1 Å². The van der Waals surface area contributed by atoms with Gasteiger partial charge in [-0.05, 0) is 29.7 Å². The number of benzene rings is 2. The van der Waals surface area contributed by atoms with Gasteiger partial charge in [0.2, 0.25) is 11.8 Å². The number of aromatic nitrogens is 1. The molecule has 3 aromatic rings. The van der Waals surface area contributed by atoms with Gasteiger partial charge in [0.05, 0.1) is 24.8 Å². The van der Waals surface area contributed by atoms with Gasteiger partial charge >= 0.3 is 0 Å². The highest BCUT2D eigenvalue weighted by Gasteiger charge is 2.16. The molecule has 0 fully saturated rings. The topological polar surface area (TPSA) is 109 Å². The molecule has 0 aliphatic carbocycles. The van der Waals surface area contributed by atoms with Crippen LogP contribution in [0.5, 0.6) is 0 Å². The normalized spacial score (nSPS) is 11.7. The molecule has 7 nitrogen and oxygen atoms in total. The lowest BCUT2D eigenvalue weighted by atomic mass is 10.1. The molecule has 8 heteroatoms. The number of amides is 2. The van der Waals surface area contributed by atoms with Crippen LogP contribution in [-0.2, 0) is 22.4 Å². The Kier molecular flexibility index (Phi) is 7.75. The van der Waals surface area contributed by atoms with Crippen molar-refractivity contribution < 1.29 is 14.7 Å². The smallest absolute Gasteiger partial charge is 0.230 e. The van der Waals surface area contributed by atoms with Crippen LogP contribution in [0.15, 0.2) is 60.0 Å². The highest BCUT2D eigenvalue weighted by Crippen LogP contribution is 2.16. The van der Waals surface area contributed by atoms with Gasteiger partial charge in [0, 0.05) is 24.5 Å². The molecule has 1 heterocycles. The molecular formula is C23H26N4O3S. The summed E-state index contributed by atoms with van der Waals surface area (Å²) in [6.45, 7) is 2.25. The van der Waals surface area contributed by atoms with Crippen molar-refractivity contribution in [2.45, 2.75) is 25.9 Å². The minimum Gasteiger partial charge on any atom is -0.387 e. The number of aliphatic hydroxyl groups is 1. The molecule has 1 atom stereocenters. The van der Waals surface area contributed by atoms with Gasteiger partial charge in [-0.15, -0.1) is 11.3 Å². The zero-order valence-corrected chi connectivity index (χ0v) is 18.1. The van der Waals surface area contributed by atoms with Crippen molar-refractivity contribution in [2.75, 3.05) is 24.1 Å². The molecule has 2 amide bonds. The van der Waals surface area contributed by atoms with Gasteiger partial charge in [0.15, 0.2) is 5.13 Å². The van der Waals surface area contributed by atoms with Gasteiger partial charge in [0.25, 0.3) is 0 Å². The fourth-order valence-corrected chi connectivity index (χ4v) is 3.72. The molecule has 0 aliphatic heterocycles. The van der Waals surface area contributed by atoms with Crippen molar-refractivity contribution >= 4 is 34.0 Å². The molecule has 0 aliphatic rings. The standard InChI is InChI=1S/C23H26N4O3S/c1-16(28)27(14-21(29)18-5-3-2-4-6-18)12-11-17-7-9-19(10-8-17)25-22(30)13-20-15-31-23(24)26-20/h2-10,15,21,29H,11-14H2,1H3,(H2,24,26)(H,25,30)/t21-/m0/s1. The monoisotopic (exact) mass is 438 g/mol. The summed E-state index contributed by atoms with van der Waals surface area (Å²) in [6.07, 6.45) is 0.0935. The minimum absolute atomic E-state index is 0.0819. The van der Waals surface area contributed by atoms with Crippen molar-refractivity contribution in [3.05, 3.63) is 76.8 Å². The van der Waals surface area contributed by atoms with Crippen LogP contribution in [0.2, 0.25) is 0 Å². The van der Waals surface area contributed by atoms with Crippen molar-refractivity contribution in [3.63, 3.8) is 0 Å².